The normalized spacial score (nSPS) is 11.5. The molecular weight excluding hydrogens is 438 g/mol. The monoisotopic (exact) mass is 469 g/mol. The second-order valence-electron chi connectivity index (χ2n) is 8.36. The molecule has 180 valence electrons. The van der Waals surface area contributed by atoms with Crippen molar-refractivity contribution in [2.24, 2.45) is 0 Å². The molecule has 0 saturated heterocycles. The molecule has 0 saturated carbocycles. The van der Waals surface area contributed by atoms with Crippen molar-refractivity contribution >= 4 is 22.4 Å². The number of carbonyl (C=O) groups excluding carboxylic acids is 1. The minimum Gasteiger partial charge on any atom is -0.496 e. The lowest BCUT2D eigenvalue weighted by Crippen LogP contribution is -2.22. The van der Waals surface area contributed by atoms with E-state index in [4.69, 9.17) is 13.9 Å². The molecule has 0 fully saturated rings. The van der Waals surface area contributed by atoms with Crippen LogP contribution >= 0.6 is 0 Å². The molecule has 1 amide bonds. The smallest absolute Gasteiger partial charge is 0.244 e. The van der Waals surface area contributed by atoms with Crippen molar-refractivity contribution in [2.45, 2.75) is 26.7 Å². The topological polar surface area (TPSA) is 60.7 Å². The van der Waals surface area contributed by atoms with E-state index in [0.717, 1.165) is 51.8 Å². The van der Waals surface area contributed by atoms with E-state index >= 15 is 0 Å². The highest BCUT2D eigenvalue weighted by molar-refractivity contribution is 6.00. The lowest BCUT2D eigenvalue weighted by molar-refractivity contribution is -0.116. The van der Waals surface area contributed by atoms with Gasteiger partial charge in [-0.25, -0.2) is 0 Å². The Labute approximate surface area is 206 Å². The Balaban J connectivity index is 1.51. The van der Waals surface area contributed by atoms with Crippen molar-refractivity contribution in [3.63, 3.8) is 0 Å². The molecule has 0 aliphatic heterocycles. The predicted octanol–water partition coefficient (Wildman–Crippen LogP) is 6.66. The van der Waals surface area contributed by atoms with E-state index in [-0.39, 0.29) is 5.91 Å². The molecule has 0 bridgehead atoms. The summed E-state index contributed by atoms with van der Waals surface area (Å²) >= 11 is 0. The summed E-state index contributed by atoms with van der Waals surface area (Å²) in [6.45, 7) is 5.14. The first-order valence-electron chi connectivity index (χ1n) is 11.9. The number of ether oxygens (including phenoxy) is 2. The Morgan fingerprint density at radius 1 is 1.06 bits per heavy atom. The fourth-order valence-corrected chi connectivity index (χ4v) is 4.13. The van der Waals surface area contributed by atoms with Gasteiger partial charge in [0.1, 0.15) is 17.1 Å². The highest BCUT2D eigenvalue weighted by Crippen LogP contribution is 2.37. The maximum atomic E-state index is 12.6. The van der Waals surface area contributed by atoms with Gasteiger partial charge in [-0.3, -0.25) is 4.79 Å². The van der Waals surface area contributed by atoms with E-state index < -0.39 is 0 Å². The van der Waals surface area contributed by atoms with Crippen LogP contribution in [0.2, 0.25) is 0 Å². The minimum absolute atomic E-state index is 0.114. The Bertz CT molecular complexity index is 1300. The number of amides is 1. The Hall–Kier alpha value is -3.99. The number of aryl methyl sites for hydroxylation is 1. The minimum atomic E-state index is -0.114. The first kappa shape index (κ1) is 24.1. The number of benzene rings is 3. The third-order valence-electron chi connectivity index (χ3n) is 5.93. The SMILES string of the molecule is CCOc1ccc(-c2coc3cc(OC)c(/C(C)=C/C(=O)NCCCc4ccccc4)cc23)cc1. The number of hydrogen-bond donors (Lipinski definition) is 1. The third kappa shape index (κ3) is 5.93. The molecular formula is C30H31NO4. The second-order valence-corrected chi connectivity index (χ2v) is 8.36. The number of rotatable bonds is 10. The number of methoxy groups -OCH3 is 1. The molecule has 3 aromatic carbocycles. The van der Waals surface area contributed by atoms with Gasteiger partial charge in [0.25, 0.3) is 0 Å². The molecule has 0 aliphatic rings. The summed E-state index contributed by atoms with van der Waals surface area (Å²) in [4.78, 5) is 12.6. The first-order chi connectivity index (χ1) is 17.1. The number of nitrogens with one attached hydrogen (secondary N) is 1. The lowest BCUT2D eigenvalue weighted by Gasteiger charge is -2.10. The summed E-state index contributed by atoms with van der Waals surface area (Å²) in [5.41, 5.74) is 5.69. The quantitative estimate of drug-likeness (QED) is 0.208. The molecule has 1 heterocycles. The van der Waals surface area contributed by atoms with Gasteiger partial charge >= 0.3 is 0 Å². The van der Waals surface area contributed by atoms with Crippen molar-refractivity contribution in [2.75, 3.05) is 20.3 Å². The van der Waals surface area contributed by atoms with Crippen LogP contribution in [-0.2, 0) is 11.2 Å². The molecule has 0 unspecified atom stereocenters. The number of fused-ring (bicyclic) bond motifs is 1. The standard InChI is InChI=1S/C30H31NO4/c1-4-34-24-14-12-23(13-15-24)27-20-35-29-19-28(33-3)25(18-26(27)29)21(2)17-30(32)31-16-8-11-22-9-6-5-7-10-22/h5-7,9-10,12-15,17-20H,4,8,11,16H2,1-3H3,(H,31,32)/b21-17+. The van der Waals surface area contributed by atoms with Crippen molar-refractivity contribution < 1.29 is 18.7 Å². The lowest BCUT2D eigenvalue weighted by atomic mass is 9.99. The third-order valence-corrected chi connectivity index (χ3v) is 5.93. The van der Waals surface area contributed by atoms with Crippen LogP contribution in [0.5, 0.6) is 11.5 Å². The molecule has 0 spiro atoms. The maximum Gasteiger partial charge on any atom is 0.244 e. The summed E-state index contributed by atoms with van der Waals surface area (Å²) in [5.74, 6) is 1.38. The van der Waals surface area contributed by atoms with Gasteiger partial charge in [0.2, 0.25) is 5.91 Å². The van der Waals surface area contributed by atoms with Crippen molar-refractivity contribution in [1.82, 2.24) is 5.32 Å². The first-order valence-corrected chi connectivity index (χ1v) is 11.9. The van der Waals surface area contributed by atoms with E-state index in [1.807, 2.05) is 68.4 Å². The van der Waals surface area contributed by atoms with E-state index in [1.54, 1.807) is 19.4 Å². The van der Waals surface area contributed by atoms with Crippen LogP contribution in [-0.4, -0.2) is 26.2 Å². The molecule has 0 aliphatic carbocycles. The summed E-state index contributed by atoms with van der Waals surface area (Å²) in [6, 6.07) is 22.1. The highest BCUT2D eigenvalue weighted by Gasteiger charge is 2.15. The van der Waals surface area contributed by atoms with Gasteiger partial charge < -0.3 is 19.2 Å². The van der Waals surface area contributed by atoms with Gasteiger partial charge in [0, 0.05) is 35.2 Å². The average molecular weight is 470 g/mol. The van der Waals surface area contributed by atoms with Crippen LogP contribution in [0.4, 0.5) is 0 Å². The molecule has 0 radical (unpaired) electrons. The van der Waals surface area contributed by atoms with Crippen LogP contribution in [0.1, 0.15) is 31.4 Å². The van der Waals surface area contributed by atoms with Crippen LogP contribution in [0.3, 0.4) is 0 Å². The van der Waals surface area contributed by atoms with Crippen LogP contribution in [0, 0.1) is 0 Å². The Kier molecular flexibility index (Phi) is 7.88. The highest BCUT2D eigenvalue weighted by atomic mass is 16.5. The number of hydrogen-bond acceptors (Lipinski definition) is 4. The van der Waals surface area contributed by atoms with E-state index in [2.05, 4.69) is 17.4 Å². The van der Waals surface area contributed by atoms with Crippen LogP contribution in [0.25, 0.3) is 27.7 Å². The summed E-state index contributed by atoms with van der Waals surface area (Å²) in [5, 5.41) is 3.95. The number of carbonyl (C=O) groups is 1. The average Bonchev–Trinajstić information content (AvgIpc) is 3.30. The molecule has 35 heavy (non-hydrogen) atoms. The largest absolute Gasteiger partial charge is 0.496 e. The Morgan fingerprint density at radius 2 is 1.83 bits per heavy atom. The van der Waals surface area contributed by atoms with Crippen LogP contribution < -0.4 is 14.8 Å². The van der Waals surface area contributed by atoms with Gasteiger partial charge in [0.05, 0.1) is 20.0 Å². The maximum absolute atomic E-state index is 12.6. The molecule has 0 atom stereocenters. The summed E-state index contributed by atoms with van der Waals surface area (Å²) in [7, 11) is 1.62. The van der Waals surface area contributed by atoms with Crippen molar-refractivity contribution in [3.8, 4) is 22.6 Å². The van der Waals surface area contributed by atoms with Crippen LogP contribution in [0.15, 0.2) is 83.5 Å². The number of furan rings is 1. The number of allylic oxidation sites excluding steroid dienone is 1. The molecule has 4 aromatic rings. The van der Waals surface area contributed by atoms with Crippen molar-refractivity contribution in [3.05, 3.63) is 90.2 Å². The summed E-state index contributed by atoms with van der Waals surface area (Å²) < 4.78 is 17.0. The van der Waals surface area contributed by atoms with Gasteiger partial charge in [-0.2, -0.15) is 0 Å². The van der Waals surface area contributed by atoms with Gasteiger partial charge in [-0.05, 0) is 61.6 Å². The van der Waals surface area contributed by atoms with Crippen molar-refractivity contribution in [1.29, 1.82) is 0 Å². The molecule has 5 heteroatoms. The van der Waals surface area contributed by atoms with E-state index in [9.17, 15) is 4.79 Å². The zero-order valence-corrected chi connectivity index (χ0v) is 20.5. The fraction of sp³-hybridized carbons (Fsp3) is 0.233. The second kappa shape index (κ2) is 11.4. The van der Waals surface area contributed by atoms with Gasteiger partial charge in [-0.15, -0.1) is 0 Å². The molecule has 1 N–H and O–H groups in total. The predicted molar refractivity (Wildman–Crippen MR) is 141 cm³/mol. The molecule has 1 aromatic heterocycles. The molecule has 5 nitrogen and oxygen atoms in total. The molecule has 4 rings (SSSR count). The Morgan fingerprint density at radius 3 is 2.54 bits per heavy atom. The van der Waals surface area contributed by atoms with Gasteiger partial charge in [0.15, 0.2) is 0 Å². The van der Waals surface area contributed by atoms with E-state index in [0.29, 0.717) is 18.9 Å². The summed E-state index contributed by atoms with van der Waals surface area (Å²) in [6.07, 6.45) is 5.20. The van der Waals surface area contributed by atoms with Gasteiger partial charge in [-0.1, -0.05) is 42.5 Å². The van der Waals surface area contributed by atoms with E-state index in [1.165, 1.54) is 5.56 Å². The zero-order chi connectivity index (χ0) is 24.6. The fourth-order valence-electron chi connectivity index (χ4n) is 4.13. The zero-order valence-electron chi connectivity index (χ0n) is 20.5.